The zero-order chi connectivity index (χ0) is 15.5. The predicted molar refractivity (Wildman–Crippen MR) is 82.9 cm³/mol. The van der Waals surface area contributed by atoms with Crippen LogP contribution in [0, 0.1) is 11.6 Å². The molecule has 0 atom stereocenters. The standard InChI is InChI=1S/C17H12F2N2O/c18-13-8-4-9-14(19)16(13)21-17(22)20-15-10-3-6-11-5-1-2-7-12(11)15/h1-10H,(H2,20,21,22). The Balaban J connectivity index is 1.85. The monoisotopic (exact) mass is 298 g/mol. The van der Waals surface area contributed by atoms with Crippen LogP contribution in [0.3, 0.4) is 0 Å². The van der Waals surface area contributed by atoms with Gasteiger partial charge in [-0.05, 0) is 23.6 Å². The Hall–Kier alpha value is -2.95. The smallest absolute Gasteiger partial charge is 0.307 e. The molecule has 3 nitrogen and oxygen atoms in total. The lowest BCUT2D eigenvalue weighted by molar-refractivity contribution is 0.262. The zero-order valence-corrected chi connectivity index (χ0v) is 11.4. The number of urea groups is 1. The fraction of sp³-hybridized carbons (Fsp3) is 0. The molecule has 0 aliphatic heterocycles. The van der Waals surface area contributed by atoms with Crippen molar-refractivity contribution in [2.75, 3.05) is 10.6 Å². The molecule has 22 heavy (non-hydrogen) atoms. The summed E-state index contributed by atoms with van der Waals surface area (Å²) in [6.07, 6.45) is 0. The molecule has 110 valence electrons. The summed E-state index contributed by atoms with van der Waals surface area (Å²) in [6, 6.07) is 15.6. The quantitative estimate of drug-likeness (QED) is 0.703. The molecule has 0 aromatic heterocycles. The minimum atomic E-state index is -0.826. The molecule has 0 bridgehead atoms. The van der Waals surface area contributed by atoms with E-state index in [0.717, 1.165) is 22.9 Å². The lowest BCUT2D eigenvalue weighted by Crippen LogP contribution is -2.21. The third-order valence-electron chi connectivity index (χ3n) is 3.24. The Labute approximate surface area is 125 Å². The summed E-state index contributed by atoms with van der Waals surface area (Å²) in [5.41, 5.74) is 0.0904. The van der Waals surface area contributed by atoms with E-state index >= 15 is 0 Å². The molecule has 5 heteroatoms. The van der Waals surface area contributed by atoms with Crippen LogP contribution in [-0.4, -0.2) is 6.03 Å². The number of nitrogens with one attached hydrogen (secondary N) is 2. The van der Waals surface area contributed by atoms with Crippen LogP contribution < -0.4 is 10.6 Å². The zero-order valence-electron chi connectivity index (χ0n) is 11.4. The molecule has 3 aromatic carbocycles. The maximum atomic E-state index is 13.5. The molecule has 0 unspecified atom stereocenters. The van der Waals surface area contributed by atoms with Gasteiger partial charge in [0.15, 0.2) is 0 Å². The fourth-order valence-corrected chi connectivity index (χ4v) is 2.22. The molecule has 0 aliphatic rings. The number of para-hydroxylation sites is 1. The van der Waals surface area contributed by atoms with Crippen LogP contribution in [0.1, 0.15) is 0 Å². The van der Waals surface area contributed by atoms with E-state index in [9.17, 15) is 13.6 Å². The molecule has 3 aromatic rings. The van der Waals surface area contributed by atoms with Crippen LogP contribution in [-0.2, 0) is 0 Å². The Morgan fingerprint density at radius 3 is 2.18 bits per heavy atom. The Morgan fingerprint density at radius 1 is 0.773 bits per heavy atom. The van der Waals surface area contributed by atoms with Gasteiger partial charge in [0.05, 0.1) is 5.69 Å². The second-order valence-electron chi connectivity index (χ2n) is 4.70. The molecule has 0 radical (unpaired) electrons. The second kappa shape index (κ2) is 5.81. The summed E-state index contributed by atoms with van der Waals surface area (Å²) in [5.74, 6) is -1.65. The molecule has 0 heterocycles. The summed E-state index contributed by atoms with van der Waals surface area (Å²) in [7, 11) is 0. The minimum absolute atomic E-state index is 0.472. The van der Waals surface area contributed by atoms with Crippen LogP contribution in [0.25, 0.3) is 10.8 Å². The van der Waals surface area contributed by atoms with Gasteiger partial charge >= 0.3 is 6.03 Å². The van der Waals surface area contributed by atoms with Crippen molar-refractivity contribution in [3.05, 3.63) is 72.3 Å². The van der Waals surface area contributed by atoms with Gasteiger partial charge in [-0.25, -0.2) is 13.6 Å². The van der Waals surface area contributed by atoms with E-state index in [1.165, 1.54) is 6.07 Å². The van der Waals surface area contributed by atoms with Crippen molar-refractivity contribution < 1.29 is 13.6 Å². The van der Waals surface area contributed by atoms with Crippen LogP contribution in [0.15, 0.2) is 60.7 Å². The van der Waals surface area contributed by atoms with Crippen LogP contribution in [0.5, 0.6) is 0 Å². The summed E-state index contributed by atoms with van der Waals surface area (Å²) in [6.45, 7) is 0. The number of carbonyl (C=O) groups excluding carboxylic acids is 1. The first-order valence-electron chi connectivity index (χ1n) is 6.65. The van der Waals surface area contributed by atoms with Crippen molar-refractivity contribution in [2.45, 2.75) is 0 Å². The number of anilines is 2. The van der Waals surface area contributed by atoms with Gasteiger partial charge in [0, 0.05) is 5.39 Å². The number of amides is 2. The van der Waals surface area contributed by atoms with E-state index in [-0.39, 0.29) is 0 Å². The molecule has 0 fully saturated rings. The number of rotatable bonds is 2. The average molecular weight is 298 g/mol. The van der Waals surface area contributed by atoms with Crippen molar-refractivity contribution in [3.63, 3.8) is 0 Å². The Kier molecular flexibility index (Phi) is 3.70. The van der Waals surface area contributed by atoms with Gasteiger partial charge in [-0.1, -0.05) is 42.5 Å². The molecular weight excluding hydrogens is 286 g/mol. The third-order valence-corrected chi connectivity index (χ3v) is 3.24. The highest BCUT2D eigenvalue weighted by Crippen LogP contribution is 2.24. The lowest BCUT2D eigenvalue weighted by Gasteiger charge is -2.11. The largest absolute Gasteiger partial charge is 0.323 e. The summed E-state index contributed by atoms with van der Waals surface area (Å²) >= 11 is 0. The fourth-order valence-electron chi connectivity index (χ4n) is 2.22. The first-order valence-corrected chi connectivity index (χ1v) is 6.65. The summed E-state index contributed by atoms with van der Waals surface area (Å²) in [5, 5.41) is 6.59. The molecule has 3 rings (SSSR count). The van der Waals surface area contributed by atoms with Crippen LogP contribution in [0.4, 0.5) is 25.0 Å². The highest BCUT2D eigenvalue weighted by atomic mass is 19.1. The SMILES string of the molecule is O=C(Nc1c(F)cccc1F)Nc1cccc2ccccc12. The number of halogens is 2. The van der Waals surface area contributed by atoms with Gasteiger partial charge in [0.25, 0.3) is 0 Å². The van der Waals surface area contributed by atoms with Crippen molar-refractivity contribution in [1.29, 1.82) is 0 Å². The molecule has 0 saturated carbocycles. The maximum Gasteiger partial charge on any atom is 0.323 e. The molecule has 0 aliphatic carbocycles. The highest BCUT2D eigenvalue weighted by Gasteiger charge is 2.12. The topological polar surface area (TPSA) is 41.1 Å². The summed E-state index contributed by atoms with van der Waals surface area (Å²) in [4.78, 5) is 12.0. The lowest BCUT2D eigenvalue weighted by atomic mass is 10.1. The van der Waals surface area contributed by atoms with E-state index in [1.54, 1.807) is 12.1 Å². The van der Waals surface area contributed by atoms with E-state index in [1.807, 2.05) is 30.3 Å². The molecule has 0 spiro atoms. The maximum absolute atomic E-state index is 13.5. The van der Waals surface area contributed by atoms with Gasteiger partial charge in [-0.3, -0.25) is 0 Å². The molecule has 2 amide bonds. The molecule has 2 N–H and O–H groups in total. The van der Waals surface area contributed by atoms with Gasteiger partial charge in [-0.2, -0.15) is 0 Å². The number of fused-ring (bicyclic) bond motifs is 1. The number of hydrogen-bond acceptors (Lipinski definition) is 1. The van der Waals surface area contributed by atoms with E-state index in [0.29, 0.717) is 5.69 Å². The average Bonchev–Trinajstić information content (AvgIpc) is 2.51. The van der Waals surface area contributed by atoms with Gasteiger partial charge < -0.3 is 10.6 Å². The van der Waals surface area contributed by atoms with Crippen LogP contribution in [0.2, 0.25) is 0 Å². The van der Waals surface area contributed by atoms with Gasteiger partial charge in [-0.15, -0.1) is 0 Å². The number of carbonyl (C=O) groups is 1. The third kappa shape index (κ3) is 2.74. The predicted octanol–water partition coefficient (Wildman–Crippen LogP) is 4.76. The molecule has 0 saturated heterocycles. The van der Waals surface area contributed by atoms with Crippen molar-refractivity contribution >= 4 is 28.2 Å². The Bertz CT molecular complexity index is 823. The minimum Gasteiger partial charge on any atom is -0.307 e. The first kappa shape index (κ1) is 14.0. The van der Waals surface area contributed by atoms with Crippen molar-refractivity contribution in [2.24, 2.45) is 0 Å². The molecular formula is C17H12F2N2O. The highest BCUT2D eigenvalue weighted by molar-refractivity contribution is 6.06. The summed E-state index contributed by atoms with van der Waals surface area (Å²) < 4.78 is 27.0. The normalized spacial score (nSPS) is 10.5. The Morgan fingerprint density at radius 2 is 1.41 bits per heavy atom. The van der Waals surface area contributed by atoms with Crippen molar-refractivity contribution in [1.82, 2.24) is 0 Å². The van der Waals surface area contributed by atoms with Gasteiger partial charge in [0.1, 0.15) is 17.3 Å². The van der Waals surface area contributed by atoms with E-state index < -0.39 is 23.4 Å². The first-order chi connectivity index (χ1) is 10.6. The van der Waals surface area contributed by atoms with Crippen LogP contribution >= 0.6 is 0 Å². The van der Waals surface area contributed by atoms with E-state index in [2.05, 4.69) is 10.6 Å². The van der Waals surface area contributed by atoms with E-state index in [4.69, 9.17) is 0 Å². The number of benzene rings is 3. The van der Waals surface area contributed by atoms with Crippen molar-refractivity contribution in [3.8, 4) is 0 Å². The van der Waals surface area contributed by atoms with Gasteiger partial charge in [0.2, 0.25) is 0 Å². The number of hydrogen-bond donors (Lipinski definition) is 2. The second-order valence-corrected chi connectivity index (χ2v) is 4.70.